The summed E-state index contributed by atoms with van der Waals surface area (Å²) in [4.78, 5) is 23.8. The molecule has 5 heteroatoms. The van der Waals surface area contributed by atoms with Crippen LogP contribution in [0.3, 0.4) is 0 Å². The first kappa shape index (κ1) is 14.7. The van der Waals surface area contributed by atoms with Gasteiger partial charge in [0.2, 0.25) is 0 Å². The second-order valence-corrected chi connectivity index (χ2v) is 5.07. The molecule has 0 spiro atoms. The first-order chi connectivity index (χ1) is 8.32. The van der Waals surface area contributed by atoms with Gasteiger partial charge in [-0.25, -0.2) is 4.39 Å². The van der Waals surface area contributed by atoms with E-state index in [0.29, 0.717) is 6.29 Å². The molecule has 0 aromatic rings. The third kappa shape index (κ3) is 3.81. The average molecular weight is 254 g/mol. The van der Waals surface area contributed by atoms with E-state index in [1.165, 1.54) is 4.90 Å². The van der Waals surface area contributed by atoms with Gasteiger partial charge in [0, 0.05) is 25.9 Å². The van der Waals surface area contributed by atoms with Gasteiger partial charge in [-0.05, 0) is 26.8 Å². The fraction of sp³-hybridized carbons (Fsp3) is 0.692. The minimum absolute atomic E-state index is 0.0549. The summed E-state index contributed by atoms with van der Waals surface area (Å²) in [6.07, 6.45) is 0.448. The Hall–Kier alpha value is -1.41. The number of piperidine rings is 1. The van der Waals surface area contributed by atoms with Crippen LogP contribution in [-0.2, 0) is 9.59 Å². The van der Waals surface area contributed by atoms with Gasteiger partial charge in [0.25, 0.3) is 5.91 Å². The summed E-state index contributed by atoms with van der Waals surface area (Å²) in [6, 6.07) is 0. The van der Waals surface area contributed by atoms with E-state index in [-0.39, 0.29) is 31.8 Å². The zero-order valence-corrected chi connectivity index (χ0v) is 11.0. The first-order valence-electron chi connectivity index (χ1n) is 5.98. The van der Waals surface area contributed by atoms with E-state index in [9.17, 15) is 14.0 Å². The Morgan fingerprint density at radius 2 is 2.00 bits per heavy atom. The Kier molecular flexibility index (Phi) is 4.47. The van der Waals surface area contributed by atoms with E-state index >= 15 is 0 Å². The molecule has 18 heavy (non-hydrogen) atoms. The van der Waals surface area contributed by atoms with Crippen LogP contribution in [0.2, 0.25) is 0 Å². The van der Waals surface area contributed by atoms with Crippen molar-refractivity contribution in [2.24, 2.45) is 0 Å². The number of halogens is 1. The number of nitrogens with zero attached hydrogens (tertiary/aromatic N) is 1. The van der Waals surface area contributed by atoms with Crippen molar-refractivity contribution in [2.45, 2.75) is 37.9 Å². The van der Waals surface area contributed by atoms with Gasteiger partial charge in [-0.3, -0.25) is 9.59 Å². The van der Waals surface area contributed by atoms with Crippen LogP contribution < -0.4 is 5.32 Å². The number of carbonyl (C=O) groups excluding carboxylic acids is 2. The number of alkyl halides is 1. The molecule has 0 saturated carbocycles. The molecular formula is C13H19FN2O2. The van der Waals surface area contributed by atoms with Crippen LogP contribution in [0.15, 0.2) is 0 Å². The Balaban J connectivity index is 2.59. The SMILES string of the molecule is CNC(C)(C)C#CC(=O)N1CCC(F)(C=O)CC1. The standard InChI is InChI=1S/C13H19FN2O2/c1-12(2,15-3)5-4-11(18)16-8-6-13(14,10-17)7-9-16/h10,15H,6-9H2,1-3H3. The molecule has 1 aliphatic rings. The topological polar surface area (TPSA) is 49.4 Å². The van der Waals surface area contributed by atoms with Crippen LogP contribution in [-0.4, -0.2) is 48.4 Å². The number of likely N-dealkylation sites (tertiary alicyclic amines) is 1. The third-order valence-electron chi connectivity index (χ3n) is 3.20. The Labute approximate surface area is 107 Å². The molecule has 4 nitrogen and oxygen atoms in total. The van der Waals surface area contributed by atoms with Gasteiger partial charge in [0.1, 0.15) is 0 Å². The zero-order valence-electron chi connectivity index (χ0n) is 11.0. The molecule has 1 heterocycles. The maximum Gasteiger partial charge on any atom is 0.298 e. The van der Waals surface area contributed by atoms with E-state index < -0.39 is 11.2 Å². The number of nitrogens with one attached hydrogen (secondary N) is 1. The molecule has 0 radical (unpaired) electrons. The Morgan fingerprint density at radius 3 is 2.44 bits per heavy atom. The molecule has 1 amide bonds. The number of hydrogen-bond donors (Lipinski definition) is 1. The van der Waals surface area contributed by atoms with Gasteiger partial charge in [0.15, 0.2) is 12.0 Å². The lowest BCUT2D eigenvalue weighted by molar-refractivity contribution is -0.131. The van der Waals surface area contributed by atoms with E-state index in [1.54, 1.807) is 7.05 Å². The highest BCUT2D eigenvalue weighted by Gasteiger charge is 2.35. The largest absolute Gasteiger partial charge is 0.332 e. The molecule has 0 aromatic heterocycles. The van der Waals surface area contributed by atoms with Crippen LogP contribution in [0.25, 0.3) is 0 Å². The van der Waals surface area contributed by atoms with Gasteiger partial charge in [-0.15, -0.1) is 0 Å². The smallest absolute Gasteiger partial charge is 0.298 e. The second-order valence-electron chi connectivity index (χ2n) is 5.07. The number of aldehydes is 1. The zero-order chi connectivity index (χ0) is 13.8. The summed E-state index contributed by atoms with van der Waals surface area (Å²) in [5.74, 6) is 5.06. The summed E-state index contributed by atoms with van der Waals surface area (Å²) in [7, 11) is 1.77. The lowest BCUT2D eigenvalue weighted by Crippen LogP contribution is -2.45. The van der Waals surface area contributed by atoms with Crippen LogP contribution in [0.5, 0.6) is 0 Å². The maximum absolute atomic E-state index is 13.6. The van der Waals surface area contributed by atoms with Crippen LogP contribution in [0.4, 0.5) is 4.39 Å². The van der Waals surface area contributed by atoms with Crippen molar-refractivity contribution in [2.75, 3.05) is 20.1 Å². The number of hydrogen-bond acceptors (Lipinski definition) is 3. The summed E-state index contributed by atoms with van der Waals surface area (Å²) in [5, 5.41) is 2.97. The predicted octanol–water partition coefficient (Wildman–Crippen LogP) is 0.517. The second kappa shape index (κ2) is 5.49. The molecule has 0 bridgehead atoms. The molecule has 1 fully saturated rings. The average Bonchev–Trinajstić information content (AvgIpc) is 2.37. The fourth-order valence-electron chi connectivity index (χ4n) is 1.55. The molecule has 1 saturated heterocycles. The predicted molar refractivity (Wildman–Crippen MR) is 66.6 cm³/mol. The highest BCUT2D eigenvalue weighted by molar-refractivity contribution is 5.94. The normalized spacial score (nSPS) is 18.8. The Bertz CT molecular complexity index is 388. The van der Waals surface area contributed by atoms with Crippen molar-refractivity contribution in [3.63, 3.8) is 0 Å². The van der Waals surface area contributed by atoms with Crippen molar-refractivity contribution < 1.29 is 14.0 Å². The molecular weight excluding hydrogens is 235 g/mol. The van der Waals surface area contributed by atoms with Gasteiger partial charge >= 0.3 is 0 Å². The van der Waals surface area contributed by atoms with Crippen LogP contribution in [0.1, 0.15) is 26.7 Å². The molecule has 0 aromatic carbocycles. The van der Waals surface area contributed by atoms with Gasteiger partial charge in [-0.1, -0.05) is 5.92 Å². The number of amides is 1. The van der Waals surface area contributed by atoms with Crippen LogP contribution in [0, 0.1) is 11.8 Å². The highest BCUT2D eigenvalue weighted by Crippen LogP contribution is 2.24. The minimum atomic E-state index is -1.77. The molecule has 100 valence electrons. The first-order valence-corrected chi connectivity index (χ1v) is 5.98. The van der Waals surface area contributed by atoms with Gasteiger partial charge in [-0.2, -0.15) is 0 Å². The summed E-state index contributed by atoms with van der Waals surface area (Å²) in [5.41, 5.74) is -2.20. The molecule has 1 aliphatic heterocycles. The molecule has 0 unspecified atom stereocenters. The fourth-order valence-corrected chi connectivity index (χ4v) is 1.55. The van der Waals surface area contributed by atoms with Crippen molar-refractivity contribution in [1.82, 2.24) is 10.2 Å². The van der Waals surface area contributed by atoms with Gasteiger partial charge in [0.05, 0.1) is 5.54 Å². The number of rotatable bonds is 2. The summed E-state index contributed by atoms with van der Waals surface area (Å²) >= 11 is 0. The van der Waals surface area contributed by atoms with Gasteiger partial charge < -0.3 is 10.2 Å². The Morgan fingerprint density at radius 1 is 1.44 bits per heavy atom. The quantitative estimate of drug-likeness (QED) is 0.577. The highest BCUT2D eigenvalue weighted by atomic mass is 19.1. The van der Waals surface area contributed by atoms with E-state index in [1.807, 2.05) is 13.8 Å². The monoisotopic (exact) mass is 254 g/mol. The van der Waals surface area contributed by atoms with Crippen molar-refractivity contribution in [1.29, 1.82) is 0 Å². The number of carbonyl (C=O) groups is 2. The maximum atomic E-state index is 13.6. The minimum Gasteiger partial charge on any atom is -0.332 e. The van der Waals surface area contributed by atoms with Crippen LogP contribution >= 0.6 is 0 Å². The van der Waals surface area contributed by atoms with E-state index in [0.717, 1.165) is 0 Å². The van der Waals surface area contributed by atoms with E-state index in [2.05, 4.69) is 17.2 Å². The molecule has 0 atom stereocenters. The molecule has 0 aliphatic carbocycles. The van der Waals surface area contributed by atoms with Crippen molar-refractivity contribution in [3.8, 4) is 11.8 Å². The summed E-state index contributed by atoms with van der Waals surface area (Å²) < 4.78 is 13.6. The van der Waals surface area contributed by atoms with Crippen molar-refractivity contribution in [3.05, 3.63) is 0 Å². The lowest BCUT2D eigenvalue weighted by atomic mass is 9.95. The van der Waals surface area contributed by atoms with E-state index in [4.69, 9.17) is 0 Å². The summed E-state index contributed by atoms with van der Waals surface area (Å²) in [6.45, 7) is 4.20. The van der Waals surface area contributed by atoms with Crippen molar-refractivity contribution >= 4 is 12.2 Å². The molecule has 1 N–H and O–H groups in total. The third-order valence-corrected chi connectivity index (χ3v) is 3.20. The lowest BCUT2D eigenvalue weighted by Gasteiger charge is -2.32. The molecule has 1 rings (SSSR count).